The van der Waals surface area contributed by atoms with Crippen LogP contribution in [0.3, 0.4) is 0 Å². The van der Waals surface area contributed by atoms with Crippen molar-refractivity contribution in [1.29, 1.82) is 0 Å². The highest BCUT2D eigenvalue weighted by Crippen LogP contribution is 2.40. The number of nitrogens with one attached hydrogen (secondary N) is 2. The molecular formula is C74H122N8O31. The molecule has 8 fully saturated rings. The van der Waals surface area contributed by atoms with Crippen molar-refractivity contribution < 1.29 is 152 Å². The normalized spacial score (nSPS) is 36.2. The number of aromatic nitrogens is 6. The van der Waals surface area contributed by atoms with Gasteiger partial charge in [0.15, 0.2) is 37.4 Å². The van der Waals surface area contributed by atoms with Crippen LogP contribution in [-0.4, -0.2) is 340 Å². The maximum absolute atomic E-state index is 14.1. The number of carboxylic acids is 2. The number of aliphatic hydroxyl groups excluding tert-OH is 10. The molecule has 8 aliphatic rings. The number of carbonyl (C=O) groups excluding carboxylic acids is 2. The zero-order chi connectivity index (χ0) is 80.8. The van der Waals surface area contributed by atoms with Crippen molar-refractivity contribution in [1.82, 2.24) is 40.6 Å². The molecule has 4 saturated heterocycles. The molecule has 4 saturated carbocycles. The average Bonchev–Trinajstić information content (AvgIpc) is 0.951. The first-order chi connectivity index (χ1) is 54.4. The lowest BCUT2D eigenvalue weighted by molar-refractivity contribution is -0.336. The van der Waals surface area contributed by atoms with Crippen molar-refractivity contribution in [3.05, 3.63) is 23.8 Å². The fraction of sp³-hybridized carbons (Fsp3) is 0.892. The lowest BCUT2D eigenvalue weighted by Gasteiger charge is -2.48. The van der Waals surface area contributed by atoms with Crippen LogP contribution in [0, 0.1) is 23.7 Å². The Hall–Kier alpha value is -4.84. The summed E-state index contributed by atoms with van der Waals surface area (Å²) in [6, 6.07) is -2.73. The van der Waals surface area contributed by atoms with E-state index < -0.39 is 209 Å². The summed E-state index contributed by atoms with van der Waals surface area (Å²) < 4.78 is 93.5. The van der Waals surface area contributed by atoms with Crippen LogP contribution in [0.15, 0.2) is 12.4 Å². The maximum atomic E-state index is 14.1. The Morgan fingerprint density at radius 2 is 0.796 bits per heavy atom. The summed E-state index contributed by atoms with van der Waals surface area (Å²) in [5.74, 6) is -4.19. The number of carbonyl (C=O) groups is 4. The first-order valence-electron chi connectivity index (χ1n) is 40.3. The molecule has 10 rings (SSSR count). The number of rotatable bonds is 42. The molecule has 16 unspecified atom stereocenters. The van der Waals surface area contributed by atoms with Crippen molar-refractivity contribution in [2.45, 2.75) is 329 Å². The van der Waals surface area contributed by atoms with Gasteiger partial charge in [-0.25, -0.2) is 19.0 Å². The Bertz CT molecular complexity index is 2960. The first kappa shape index (κ1) is 90.5. The summed E-state index contributed by atoms with van der Waals surface area (Å²) in [7, 11) is 0. The van der Waals surface area contributed by atoms with E-state index in [1.165, 1.54) is 35.6 Å². The van der Waals surface area contributed by atoms with Crippen LogP contribution < -0.4 is 10.6 Å². The molecule has 644 valence electrons. The summed E-state index contributed by atoms with van der Waals surface area (Å²) in [4.78, 5) is 53.9. The third-order valence-electron chi connectivity index (χ3n) is 22.8. The predicted octanol–water partition coefficient (Wildman–Crippen LogP) is -1.77. The molecule has 0 spiro atoms. The van der Waals surface area contributed by atoms with Crippen LogP contribution in [0.5, 0.6) is 0 Å². The second-order valence-electron chi connectivity index (χ2n) is 31.4. The molecule has 4 aliphatic heterocycles. The van der Waals surface area contributed by atoms with Gasteiger partial charge in [0.1, 0.15) is 110 Å². The van der Waals surface area contributed by atoms with Crippen LogP contribution in [-0.2, 0) is 117 Å². The van der Waals surface area contributed by atoms with Gasteiger partial charge in [-0.2, -0.15) is 0 Å². The second kappa shape index (κ2) is 44.8. The van der Waals surface area contributed by atoms with Crippen molar-refractivity contribution in [3.63, 3.8) is 0 Å². The number of aliphatic hydroxyl groups is 10. The summed E-state index contributed by atoms with van der Waals surface area (Å²) in [5, 5.41) is 151. The molecule has 4 aliphatic carbocycles. The summed E-state index contributed by atoms with van der Waals surface area (Å²) in [5.41, 5.74) is 0.769. The van der Waals surface area contributed by atoms with E-state index in [0.29, 0.717) is 49.9 Å². The number of hydrogen-bond acceptors (Lipinski definition) is 33. The van der Waals surface area contributed by atoms with Crippen LogP contribution in [0.2, 0.25) is 0 Å². The molecule has 2 aromatic rings. The number of aliphatic carboxylic acids is 2. The van der Waals surface area contributed by atoms with Gasteiger partial charge in [-0.3, -0.25) is 9.59 Å². The number of hydrogen-bond donors (Lipinski definition) is 14. The fourth-order valence-corrected chi connectivity index (χ4v) is 16.4. The van der Waals surface area contributed by atoms with E-state index in [4.69, 9.17) is 71.1 Å². The number of ether oxygens (including phenoxy) is 15. The minimum absolute atomic E-state index is 0.0155. The van der Waals surface area contributed by atoms with Crippen LogP contribution in [0.25, 0.3) is 0 Å². The third-order valence-corrected chi connectivity index (χ3v) is 22.8. The Kier molecular flexibility index (Phi) is 35.9. The molecule has 39 heteroatoms. The molecule has 0 radical (unpaired) electrons. The molecule has 2 aromatic heterocycles. The SMILES string of the molecule is CC1CCC[C@@H](O[C@@H]2OC(CO)[C@H](O)C(O[C@@H](CC3CCCCC3)C(=O)O)C2NC(=O)Cn2cc(COCCOCCOCCOCCOCc3cn(CC(=O)NC4C(O[C@@H](CC5CCCCC5)C(=O)O)[C@@H](O)C(CO)O[C@H]4O[C@@H]4CCCC(C)C4O[C@@H]4OC(C)[C@@H](O)C(O)C4O)nn3)nn2)C1O[C@@H]1OC(C)[C@@H](O)C(O)C1O. The molecule has 14 N–H and O–H groups in total. The summed E-state index contributed by atoms with van der Waals surface area (Å²) in [6.45, 7) is 6.48. The van der Waals surface area contributed by atoms with Gasteiger partial charge in [-0.1, -0.05) is 101 Å². The predicted molar refractivity (Wildman–Crippen MR) is 384 cm³/mol. The van der Waals surface area contributed by atoms with Crippen molar-refractivity contribution in [3.8, 4) is 0 Å². The molecule has 39 nitrogen and oxygen atoms in total. The lowest BCUT2D eigenvalue weighted by atomic mass is 9.85. The first-order valence-corrected chi connectivity index (χ1v) is 40.3. The van der Waals surface area contributed by atoms with E-state index in [9.17, 15) is 80.5 Å². The van der Waals surface area contributed by atoms with Crippen molar-refractivity contribution in [2.24, 2.45) is 23.7 Å². The number of amides is 2. The summed E-state index contributed by atoms with van der Waals surface area (Å²) in [6.07, 6.45) is -15.6. The topological polar surface area (TPSA) is 535 Å². The highest BCUT2D eigenvalue weighted by molar-refractivity contribution is 5.77. The zero-order valence-electron chi connectivity index (χ0n) is 64.9. The van der Waals surface area contributed by atoms with Gasteiger partial charge in [-0.05, 0) is 76.0 Å². The molecular weight excluding hydrogens is 1500 g/mol. The van der Waals surface area contributed by atoms with E-state index in [1.54, 1.807) is 0 Å². The van der Waals surface area contributed by atoms with Gasteiger partial charge in [-0.15, -0.1) is 10.2 Å². The number of carboxylic acid groups (broad SMARTS) is 2. The highest BCUT2D eigenvalue weighted by atomic mass is 16.7. The van der Waals surface area contributed by atoms with E-state index in [2.05, 4.69) is 31.3 Å². The van der Waals surface area contributed by atoms with Gasteiger partial charge in [0.25, 0.3) is 0 Å². The van der Waals surface area contributed by atoms with Crippen LogP contribution in [0.1, 0.15) is 155 Å². The standard InChI is InChI=1S/C74H122N8O31/c1-39-13-11-19-47(65(39)112-73-63(93)61(91)57(87)41(3)104-73)108-71-55(67(59(89)51(35-83)110-71)106-49(69(95)96)29-43-15-7-5-8-16-43)75-53(85)33-81-31-45(77-79-81)37-102-27-25-100-23-21-99-22-24-101-26-28-103-38-46-32-82(80-78-46)34-54(86)76-56-68(107-50(70(97)98)30-44-17-9-6-10-18-44)60(90)52(36-84)111-72(56)109-48-20-12-14-40(2)66(48)113-74-64(94)62(92)58(88)42(4)105-74/h31-32,39-44,47-52,55-68,71-74,83-84,87-94H,5-30,33-38H2,1-4H3,(H,75,85)(H,76,86)(H,95,96)(H,97,98)/t39?,40?,41?,42?,47-,48-,49+,50+,51?,52?,55?,56?,57-,58-,59+,60+,61?,62?,63?,64?,65?,66?,67?,68?,71-,72-,73+,74+/m1/s1. The van der Waals surface area contributed by atoms with Gasteiger partial charge in [0.2, 0.25) is 11.8 Å². The fourth-order valence-electron chi connectivity index (χ4n) is 16.4. The maximum Gasteiger partial charge on any atom is 0.332 e. The monoisotopic (exact) mass is 1620 g/mol. The highest BCUT2D eigenvalue weighted by Gasteiger charge is 2.55. The molecule has 113 heavy (non-hydrogen) atoms. The molecule has 28 atom stereocenters. The second-order valence-corrected chi connectivity index (χ2v) is 31.4. The van der Waals surface area contributed by atoms with Crippen molar-refractivity contribution >= 4 is 23.8 Å². The van der Waals surface area contributed by atoms with E-state index >= 15 is 0 Å². The number of nitrogens with zero attached hydrogens (tertiary/aromatic N) is 6. The van der Waals surface area contributed by atoms with E-state index in [1.807, 2.05) is 13.8 Å². The Morgan fingerprint density at radius 1 is 0.434 bits per heavy atom. The molecule has 6 heterocycles. The zero-order valence-corrected chi connectivity index (χ0v) is 64.9. The average molecular weight is 1620 g/mol. The van der Waals surface area contributed by atoms with Crippen LogP contribution >= 0.6 is 0 Å². The summed E-state index contributed by atoms with van der Waals surface area (Å²) >= 11 is 0. The smallest absolute Gasteiger partial charge is 0.332 e. The van der Waals surface area contributed by atoms with E-state index in [-0.39, 0.29) is 103 Å². The quantitative estimate of drug-likeness (QED) is 0.0327. The van der Waals surface area contributed by atoms with Crippen LogP contribution in [0.4, 0.5) is 0 Å². The molecule has 2 amide bonds. The molecule has 0 aromatic carbocycles. The lowest BCUT2D eigenvalue weighted by Crippen LogP contribution is -2.67. The van der Waals surface area contributed by atoms with Gasteiger partial charge in [0, 0.05) is 0 Å². The Balaban J connectivity index is 0.636. The Morgan fingerprint density at radius 3 is 1.15 bits per heavy atom. The van der Waals surface area contributed by atoms with Crippen molar-refractivity contribution in [2.75, 3.05) is 66.1 Å². The van der Waals surface area contributed by atoms with Gasteiger partial charge in [0.05, 0.1) is 128 Å². The minimum Gasteiger partial charge on any atom is -0.479 e. The largest absolute Gasteiger partial charge is 0.479 e. The van der Waals surface area contributed by atoms with Gasteiger partial charge >= 0.3 is 11.9 Å². The van der Waals surface area contributed by atoms with Gasteiger partial charge < -0.3 is 143 Å². The molecule has 0 bridgehead atoms. The minimum atomic E-state index is -1.64. The van der Waals surface area contributed by atoms with E-state index in [0.717, 1.165) is 64.2 Å². The Labute approximate surface area is 656 Å². The third kappa shape index (κ3) is 25.6.